The molecule has 0 radical (unpaired) electrons. The molecule has 67 heavy (non-hydrogen) atoms. The molecule has 2 fully saturated rings. The second kappa shape index (κ2) is 19.6. The molecule has 12 heteroatoms. The van der Waals surface area contributed by atoms with Crippen molar-refractivity contribution in [3.63, 3.8) is 0 Å². The number of esters is 2. The molecule has 2 saturated carbocycles. The largest absolute Gasteiger partial charge is 0.508 e. The molecule has 4 aliphatic rings. The van der Waals surface area contributed by atoms with Crippen LogP contribution in [0.3, 0.4) is 0 Å². The van der Waals surface area contributed by atoms with Gasteiger partial charge in [0.25, 0.3) is 0 Å². The third-order valence-corrected chi connectivity index (χ3v) is 13.7. The van der Waals surface area contributed by atoms with Gasteiger partial charge in [0.1, 0.15) is 54.1 Å². The Morgan fingerprint density at radius 1 is 0.627 bits per heavy atom. The molecule has 346 valence electrons. The van der Waals surface area contributed by atoms with Gasteiger partial charge in [-0.25, -0.2) is 19.6 Å². The van der Waals surface area contributed by atoms with Crippen molar-refractivity contribution >= 4 is 34.0 Å². The van der Waals surface area contributed by atoms with Crippen LogP contribution < -0.4 is 14.2 Å². The summed E-state index contributed by atoms with van der Waals surface area (Å²) >= 11 is 0. The number of ether oxygens (including phenoxy) is 5. The Balaban J connectivity index is 0.000000160. The smallest absolute Gasteiger partial charge is 0.356 e. The van der Waals surface area contributed by atoms with Crippen LogP contribution in [0.15, 0.2) is 91.0 Å². The average molecular weight is 903 g/mol. The molecule has 11 rings (SSSR count). The fourth-order valence-corrected chi connectivity index (χ4v) is 10.7. The summed E-state index contributed by atoms with van der Waals surface area (Å²) in [5.41, 5.74) is 10.4. The minimum Gasteiger partial charge on any atom is -0.508 e. The fourth-order valence-electron chi connectivity index (χ4n) is 10.7. The lowest BCUT2D eigenvalue weighted by Crippen LogP contribution is -2.10. The molecule has 0 atom stereocenters. The van der Waals surface area contributed by atoms with Crippen LogP contribution in [-0.4, -0.2) is 62.6 Å². The van der Waals surface area contributed by atoms with Crippen molar-refractivity contribution in [2.45, 2.75) is 110 Å². The molecular formula is C55H58N4O8. The molecule has 0 saturated heterocycles. The molecule has 6 heterocycles. The van der Waals surface area contributed by atoms with Crippen molar-refractivity contribution in [2.75, 3.05) is 26.4 Å². The average Bonchev–Trinajstić information content (AvgIpc) is 3.69. The first kappa shape index (κ1) is 44.0. The number of hydrogen-bond donors (Lipinski definition) is 1. The summed E-state index contributed by atoms with van der Waals surface area (Å²) in [5, 5.41) is 12.2. The van der Waals surface area contributed by atoms with Crippen molar-refractivity contribution in [1.82, 2.24) is 19.1 Å². The minimum absolute atomic E-state index is 0.195. The Morgan fingerprint density at radius 3 is 1.66 bits per heavy atom. The zero-order valence-corrected chi connectivity index (χ0v) is 38.4. The summed E-state index contributed by atoms with van der Waals surface area (Å²) < 4.78 is 33.2. The summed E-state index contributed by atoms with van der Waals surface area (Å²) in [4.78, 5) is 34.4. The number of carbonyl (C=O) groups is 2. The monoisotopic (exact) mass is 902 g/mol. The van der Waals surface area contributed by atoms with Crippen molar-refractivity contribution < 1.29 is 38.4 Å². The Hall–Kier alpha value is -6.82. The van der Waals surface area contributed by atoms with Crippen LogP contribution in [0.1, 0.15) is 128 Å². The van der Waals surface area contributed by atoms with Gasteiger partial charge in [0.15, 0.2) is 11.4 Å². The van der Waals surface area contributed by atoms with Gasteiger partial charge in [0, 0.05) is 34.0 Å². The number of nitrogens with zero attached hydrogens (tertiary/aromatic N) is 4. The zero-order chi connectivity index (χ0) is 45.9. The number of pyridine rings is 2. The van der Waals surface area contributed by atoms with Gasteiger partial charge >= 0.3 is 11.9 Å². The number of carbonyl (C=O) groups excluding carboxylic acids is 2. The van der Waals surface area contributed by atoms with E-state index in [0.717, 1.165) is 74.5 Å². The van der Waals surface area contributed by atoms with Crippen molar-refractivity contribution in [3.05, 3.63) is 119 Å². The summed E-state index contributed by atoms with van der Waals surface area (Å²) in [6, 6.07) is 29.3. The third kappa shape index (κ3) is 8.81. The quantitative estimate of drug-likeness (QED) is 0.139. The third-order valence-electron chi connectivity index (χ3n) is 13.7. The highest BCUT2D eigenvalue weighted by Crippen LogP contribution is 2.49. The summed E-state index contributed by atoms with van der Waals surface area (Å²) in [5.74, 6) is 2.63. The van der Waals surface area contributed by atoms with E-state index in [4.69, 9.17) is 33.7 Å². The van der Waals surface area contributed by atoms with E-state index in [0.29, 0.717) is 75.1 Å². The second-order valence-electron chi connectivity index (χ2n) is 17.9. The summed E-state index contributed by atoms with van der Waals surface area (Å²) in [7, 11) is 0. The van der Waals surface area contributed by atoms with E-state index < -0.39 is 5.97 Å². The summed E-state index contributed by atoms with van der Waals surface area (Å²) in [6.07, 6.45) is 12.1. The van der Waals surface area contributed by atoms with Crippen LogP contribution in [0.25, 0.3) is 44.6 Å². The van der Waals surface area contributed by atoms with E-state index in [9.17, 15) is 14.7 Å². The Bertz CT molecular complexity index is 2930. The van der Waals surface area contributed by atoms with Gasteiger partial charge in [-0.1, -0.05) is 68.9 Å². The molecule has 0 unspecified atom stereocenters. The van der Waals surface area contributed by atoms with Crippen LogP contribution in [0, 0.1) is 0 Å². The first-order valence-corrected chi connectivity index (χ1v) is 24.2. The maximum Gasteiger partial charge on any atom is 0.356 e. The standard InChI is InChI=1S/C31H32N2O4.C24H26N2O4/c1-2-35-31(34)26-16-15-25-28(22-11-7-4-8-12-22)29-24-14-13-23(37-20-21-9-5-3-6-10-21)19-27(24)36-18-17-33(29)30(25)32-26;1-2-29-24(28)19-11-10-18-21(15-6-4-3-5-7-15)22-17-9-8-16(27)14-20(17)30-13-12-26(22)23(18)25-19/h3,5-6,9-10,13-16,19,22H,2,4,7-8,11-12,17-18,20H2,1H3;8-11,14-15,27H,2-7,12-13H2,1H3. The maximum atomic E-state index is 12.5. The lowest BCUT2D eigenvalue weighted by molar-refractivity contribution is 0.0510. The molecule has 2 aliphatic carbocycles. The van der Waals surface area contributed by atoms with Gasteiger partial charge in [-0.15, -0.1) is 0 Å². The van der Waals surface area contributed by atoms with E-state index in [1.54, 1.807) is 25.1 Å². The van der Waals surface area contributed by atoms with Crippen LogP contribution >= 0.6 is 0 Å². The zero-order valence-electron chi connectivity index (χ0n) is 38.4. The number of benzene rings is 3. The molecule has 0 spiro atoms. The first-order valence-electron chi connectivity index (χ1n) is 24.2. The topological polar surface area (TPSA) is 136 Å². The molecule has 7 aromatic rings. The first-order chi connectivity index (χ1) is 32.9. The lowest BCUT2D eigenvalue weighted by Gasteiger charge is -2.23. The fraction of sp³-hybridized carbons (Fsp3) is 0.382. The van der Waals surface area contributed by atoms with Crippen LogP contribution in [0.5, 0.6) is 23.0 Å². The highest BCUT2D eigenvalue weighted by Gasteiger charge is 2.32. The molecule has 4 aromatic heterocycles. The molecular weight excluding hydrogens is 845 g/mol. The predicted molar refractivity (Wildman–Crippen MR) is 257 cm³/mol. The molecule has 12 nitrogen and oxygen atoms in total. The van der Waals surface area contributed by atoms with Gasteiger partial charge in [-0.2, -0.15) is 0 Å². The van der Waals surface area contributed by atoms with Crippen LogP contribution in [0.2, 0.25) is 0 Å². The SMILES string of the molecule is CCOC(=O)c1ccc2c(C3CCCCC3)c3n(c2n1)CCOc1cc(O)ccc1-3.CCOC(=O)c1ccc2c(C3CCCCC3)c3n(c2n1)CCOc1cc(OCc2ccccc2)ccc1-3. The molecule has 1 N–H and O–H groups in total. The maximum absolute atomic E-state index is 12.5. The Morgan fingerprint density at radius 2 is 1.13 bits per heavy atom. The van der Waals surface area contributed by atoms with Crippen LogP contribution in [0.4, 0.5) is 0 Å². The van der Waals surface area contributed by atoms with Gasteiger partial charge < -0.3 is 37.9 Å². The van der Waals surface area contributed by atoms with Gasteiger partial charge in [0.05, 0.1) is 37.7 Å². The second-order valence-corrected chi connectivity index (χ2v) is 17.9. The van der Waals surface area contributed by atoms with Crippen molar-refractivity contribution in [1.29, 1.82) is 0 Å². The van der Waals surface area contributed by atoms with E-state index >= 15 is 0 Å². The van der Waals surface area contributed by atoms with E-state index in [1.165, 1.54) is 62.5 Å². The van der Waals surface area contributed by atoms with Gasteiger partial charge in [0.2, 0.25) is 0 Å². The Kier molecular flexibility index (Phi) is 12.9. The Labute approximate surface area is 390 Å². The number of phenols is 1. The molecule has 3 aromatic carbocycles. The number of aromatic hydroxyl groups is 1. The van der Waals surface area contributed by atoms with Crippen molar-refractivity contribution in [2.24, 2.45) is 0 Å². The van der Waals surface area contributed by atoms with Crippen molar-refractivity contribution in [3.8, 4) is 45.5 Å². The van der Waals surface area contributed by atoms with Gasteiger partial charge in [-0.3, -0.25) is 0 Å². The van der Waals surface area contributed by atoms with Gasteiger partial charge in [-0.05, 0) is 117 Å². The van der Waals surface area contributed by atoms with E-state index in [1.807, 2.05) is 55.5 Å². The van der Waals surface area contributed by atoms with Crippen LogP contribution in [-0.2, 0) is 29.2 Å². The highest BCUT2D eigenvalue weighted by atomic mass is 16.5. The molecule has 2 aliphatic heterocycles. The normalized spacial score (nSPS) is 15.9. The number of fused-ring (bicyclic) bond motifs is 10. The number of hydrogen-bond acceptors (Lipinski definition) is 10. The number of phenolic OH excluding ortho intramolecular Hbond substituents is 1. The highest BCUT2D eigenvalue weighted by molar-refractivity contribution is 5.97. The number of rotatable bonds is 9. The minimum atomic E-state index is -0.399. The molecule has 0 bridgehead atoms. The van der Waals surface area contributed by atoms with E-state index in [2.05, 4.69) is 33.4 Å². The van der Waals surface area contributed by atoms with E-state index in [-0.39, 0.29) is 11.7 Å². The lowest BCUT2D eigenvalue weighted by atomic mass is 9.82. The molecule has 0 amide bonds. The predicted octanol–water partition coefficient (Wildman–Crippen LogP) is 11.9. The summed E-state index contributed by atoms with van der Waals surface area (Å²) in [6.45, 7) is 7.05. The number of aromatic nitrogens is 4.